The number of nitrogens with zero attached hydrogens (tertiary/aromatic N) is 1. The number of aliphatic hydroxyl groups is 2. The summed E-state index contributed by atoms with van der Waals surface area (Å²) in [7, 11) is 0. The second-order valence-electron chi connectivity index (χ2n) is 6.14. The number of ether oxygens (including phenoxy) is 1. The molecule has 1 fully saturated rings. The number of carbonyl (C=O) groups excluding carboxylic acids is 1. The maximum Gasteiger partial charge on any atom is 0.267 e. The Hall–Kier alpha value is -1.63. The number of amides is 1. The van der Waals surface area contributed by atoms with E-state index < -0.39 is 18.8 Å². The van der Waals surface area contributed by atoms with Crippen LogP contribution in [-0.4, -0.2) is 41.5 Å². The van der Waals surface area contributed by atoms with E-state index in [1.54, 1.807) is 6.92 Å². The summed E-state index contributed by atoms with van der Waals surface area (Å²) in [5.74, 6) is 0.884. The van der Waals surface area contributed by atoms with Gasteiger partial charge in [0.15, 0.2) is 6.10 Å². The van der Waals surface area contributed by atoms with Gasteiger partial charge in [0, 0.05) is 6.04 Å². The van der Waals surface area contributed by atoms with Crippen molar-refractivity contribution in [2.24, 2.45) is 11.7 Å². The monoisotopic (exact) mass is 306 g/mol. The number of anilines is 1. The number of aliphatic hydroxyl groups excluding tert-OH is 2. The SMILES string of the molecule is CC1Oc2ccc(C(N)C3CC3)cc2N(CC(O)CO)C1=O. The maximum atomic E-state index is 12.3. The van der Waals surface area contributed by atoms with E-state index in [4.69, 9.17) is 15.6 Å². The van der Waals surface area contributed by atoms with Crippen LogP contribution in [0.4, 0.5) is 5.69 Å². The van der Waals surface area contributed by atoms with E-state index in [0.29, 0.717) is 17.4 Å². The number of fused-ring (bicyclic) bond motifs is 1. The molecule has 4 N–H and O–H groups in total. The minimum absolute atomic E-state index is 0.0376. The van der Waals surface area contributed by atoms with Gasteiger partial charge in [-0.1, -0.05) is 6.07 Å². The fourth-order valence-corrected chi connectivity index (χ4v) is 2.82. The standard InChI is InChI=1S/C16H22N2O4/c1-9-16(21)18(7-12(20)8-19)13-6-11(4-5-14(13)22-9)15(17)10-2-3-10/h4-6,9-10,12,15,19-20H,2-3,7-8,17H2,1H3. The van der Waals surface area contributed by atoms with Crippen LogP contribution in [0.25, 0.3) is 0 Å². The van der Waals surface area contributed by atoms with E-state index in [0.717, 1.165) is 18.4 Å². The predicted octanol–water partition coefficient (Wildman–Crippen LogP) is 0.563. The van der Waals surface area contributed by atoms with Crippen LogP contribution < -0.4 is 15.4 Å². The molecule has 3 rings (SSSR count). The quantitative estimate of drug-likeness (QED) is 0.739. The van der Waals surface area contributed by atoms with Crippen molar-refractivity contribution < 1.29 is 19.7 Å². The van der Waals surface area contributed by atoms with E-state index in [-0.39, 0.29) is 18.5 Å². The maximum absolute atomic E-state index is 12.3. The highest BCUT2D eigenvalue weighted by molar-refractivity contribution is 6.00. The second kappa shape index (κ2) is 5.87. The van der Waals surface area contributed by atoms with Gasteiger partial charge in [-0.05, 0) is 43.4 Å². The van der Waals surface area contributed by atoms with Crippen molar-refractivity contribution in [2.75, 3.05) is 18.1 Å². The largest absolute Gasteiger partial charge is 0.479 e. The van der Waals surface area contributed by atoms with Crippen molar-refractivity contribution in [1.29, 1.82) is 0 Å². The van der Waals surface area contributed by atoms with Crippen molar-refractivity contribution >= 4 is 11.6 Å². The number of benzene rings is 1. The lowest BCUT2D eigenvalue weighted by Gasteiger charge is -2.34. The van der Waals surface area contributed by atoms with Crippen LogP contribution >= 0.6 is 0 Å². The molecule has 0 saturated heterocycles. The van der Waals surface area contributed by atoms with E-state index in [2.05, 4.69) is 0 Å². The molecule has 120 valence electrons. The first-order chi connectivity index (χ1) is 10.5. The summed E-state index contributed by atoms with van der Waals surface area (Å²) >= 11 is 0. The van der Waals surface area contributed by atoms with Gasteiger partial charge in [0.25, 0.3) is 5.91 Å². The molecule has 1 aliphatic heterocycles. The predicted molar refractivity (Wildman–Crippen MR) is 81.6 cm³/mol. The Bertz CT molecular complexity index is 573. The molecular formula is C16H22N2O4. The normalized spacial score (nSPS) is 23.7. The summed E-state index contributed by atoms with van der Waals surface area (Å²) in [6.45, 7) is 1.32. The van der Waals surface area contributed by atoms with Gasteiger partial charge in [0.1, 0.15) is 5.75 Å². The molecular weight excluding hydrogens is 284 g/mol. The van der Waals surface area contributed by atoms with Crippen molar-refractivity contribution in [2.45, 2.75) is 38.0 Å². The van der Waals surface area contributed by atoms with Crippen LogP contribution in [0.15, 0.2) is 18.2 Å². The van der Waals surface area contributed by atoms with Gasteiger partial charge in [-0.3, -0.25) is 4.79 Å². The van der Waals surface area contributed by atoms with E-state index >= 15 is 0 Å². The lowest BCUT2D eigenvalue weighted by Crippen LogP contribution is -2.48. The average Bonchev–Trinajstić information content (AvgIpc) is 3.35. The Morgan fingerprint density at radius 3 is 2.82 bits per heavy atom. The van der Waals surface area contributed by atoms with Gasteiger partial charge in [-0.25, -0.2) is 0 Å². The molecule has 0 radical (unpaired) electrons. The van der Waals surface area contributed by atoms with Gasteiger partial charge < -0.3 is 25.6 Å². The van der Waals surface area contributed by atoms with Gasteiger partial charge in [0.2, 0.25) is 0 Å². The molecule has 22 heavy (non-hydrogen) atoms. The highest BCUT2D eigenvalue weighted by atomic mass is 16.5. The lowest BCUT2D eigenvalue weighted by molar-refractivity contribution is -0.126. The number of β-amino-alcohol motifs (C(OH)–C–C–N with tert-alkyl or cyclic N) is 1. The zero-order chi connectivity index (χ0) is 15.9. The van der Waals surface area contributed by atoms with Crippen LogP contribution in [0.3, 0.4) is 0 Å². The zero-order valence-corrected chi connectivity index (χ0v) is 12.6. The number of carbonyl (C=O) groups is 1. The molecule has 6 nitrogen and oxygen atoms in total. The minimum Gasteiger partial charge on any atom is -0.479 e. The second-order valence-corrected chi connectivity index (χ2v) is 6.14. The molecule has 1 heterocycles. The molecule has 0 bridgehead atoms. The number of hydrogen-bond donors (Lipinski definition) is 3. The van der Waals surface area contributed by atoms with Crippen LogP contribution in [-0.2, 0) is 4.79 Å². The van der Waals surface area contributed by atoms with E-state index in [1.807, 2.05) is 18.2 Å². The summed E-state index contributed by atoms with van der Waals surface area (Å²) in [5.41, 5.74) is 7.82. The minimum atomic E-state index is -0.983. The molecule has 1 aromatic carbocycles. The highest BCUT2D eigenvalue weighted by Gasteiger charge is 2.35. The molecule has 1 saturated carbocycles. The number of nitrogens with two attached hydrogens (primary N) is 1. The summed E-state index contributed by atoms with van der Waals surface area (Å²) in [6, 6.07) is 5.59. The molecule has 1 aliphatic carbocycles. The van der Waals surface area contributed by atoms with Crippen molar-refractivity contribution in [3.05, 3.63) is 23.8 Å². The Morgan fingerprint density at radius 1 is 1.45 bits per heavy atom. The average molecular weight is 306 g/mol. The molecule has 3 atom stereocenters. The third kappa shape index (κ3) is 2.82. The Morgan fingerprint density at radius 2 is 2.18 bits per heavy atom. The Balaban J connectivity index is 1.94. The smallest absolute Gasteiger partial charge is 0.267 e. The molecule has 3 unspecified atom stereocenters. The van der Waals surface area contributed by atoms with E-state index in [9.17, 15) is 9.90 Å². The van der Waals surface area contributed by atoms with Gasteiger partial charge >= 0.3 is 0 Å². The lowest BCUT2D eigenvalue weighted by atomic mass is 10.0. The first-order valence-electron chi connectivity index (χ1n) is 7.67. The molecule has 1 amide bonds. The van der Waals surface area contributed by atoms with Crippen molar-refractivity contribution in [1.82, 2.24) is 0 Å². The number of rotatable bonds is 5. The molecule has 2 aliphatic rings. The van der Waals surface area contributed by atoms with Gasteiger partial charge in [-0.15, -0.1) is 0 Å². The highest BCUT2D eigenvalue weighted by Crippen LogP contribution is 2.42. The molecule has 0 spiro atoms. The van der Waals surface area contributed by atoms with Crippen LogP contribution in [0.1, 0.15) is 31.4 Å². The molecule has 6 heteroatoms. The van der Waals surface area contributed by atoms with Crippen LogP contribution in [0, 0.1) is 5.92 Å². The Kier molecular flexibility index (Phi) is 4.08. The summed E-state index contributed by atoms with van der Waals surface area (Å²) < 4.78 is 5.62. The zero-order valence-electron chi connectivity index (χ0n) is 12.6. The first-order valence-corrected chi connectivity index (χ1v) is 7.67. The fraction of sp³-hybridized carbons (Fsp3) is 0.562. The topological polar surface area (TPSA) is 96.0 Å². The third-order valence-corrected chi connectivity index (χ3v) is 4.31. The van der Waals surface area contributed by atoms with Crippen molar-refractivity contribution in [3.63, 3.8) is 0 Å². The number of hydrogen-bond acceptors (Lipinski definition) is 5. The fourth-order valence-electron chi connectivity index (χ4n) is 2.82. The van der Waals surface area contributed by atoms with Crippen LogP contribution in [0.5, 0.6) is 5.75 Å². The third-order valence-electron chi connectivity index (χ3n) is 4.31. The summed E-state index contributed by atoms with van der Waals surface area (Å²) in [5, 5.41) is 18.8. The van der Waals surface area contributed by atoms with Gasteiger partial charge in [0.05, 0.1) is 24.9 Å². The van der Waals surface area contributed by atoms with E-state index in [1.165, 1.54) is 4.90 Å². The van der Waals surface area contributed by atoms with Crippen molar-refractivity contribution in [3.8, 4) is 5.75 Å². The summed E-state index contributed by atoms with van der Waals surface area (Å²) in [6.07, 6.45) is 0.680. The Labute approximate surface area is 129 Å². The molecule has 1 aromatic rings. The van der Waals surface area contributed by atoms with Crippen LogP contribution in [0.2, 0.25) is 0 Å². The molecule has 0 aromatic heterocycles. The first kappa shape index (κ1) is 15.3. The van der Waals surface area contributed by atoms with Gasteiger partial charge in [-0.2, -0.15) is 0 Å². The summed E-state index contributed by atoms with van der Waals surface area (Å²) in [4.78, 5) is 13.8.